The van der Waals surface area contributed by atoms with Crippen molar-refractivity contribution in [1.29, 1.82) is 0 Å². The van der Waals surface area contributed by atoms with Gasteiger partial charge in [0.05, 0.1) is 41.5 Å². The molecule has 3 fully saturated rings. The van der Waals surface area contributed by atoms with Crippen LogP contribution in [0.25, 0.3) is 22.2 Å². The number of aromatic amines is 1. The zero-order valence-corrected chi connectivity index (χ0v) is 24.3. The first kappa shape index (κ1) is 27.7. The van der Waals surface area contributed by atoms with Crippen LogP contribution in [-0.4, -0.2) is 63.2 Å². The molecule has 0 bridgehead atoms. The fourth-order valence-electron chi connectivity index (χ4n) is 6.19. The summed E-state index contributed by atoms with van der Waals surface area (Å²) in [6, 6.07) is 12.9. The summed E-state index contributed by atoms with van der Waals surface area (Å²) in [5.41, 5.74) is 3.37. The number of H-pyrrole nitrogens is 1. The SMILES string of the molecule is COCc1ccc(-c2[nH]c3cc(S(=O)(=O)N[C@H]4CC[C@H](C(=O)N5CCOC[C@@H]5C5CC5)CC4)ccc3c2Cl)cc1. The second-order valence-corrected chi connectivity index (χ2v) is 13.4. The average Bonchev–Trinajstić information content (AvgIpc) is 3.77. The largest absolute Gasteiger partial charge is 0.380 e. The summed E-state index contributed by atoms with van der Waals surface area (Å²) < 4.78 is 40.4. The summed E-state index contributed by atoms with van der Waals surface area (Å²) in [5, 5.41) is 1.32. The third kappa shape index (κ3) is 5.67. The fourth-order valence-corrected chi connectivity index (χ4v) is 7.84. The van der Waals surface area contributed by atoms with Crippen LogP contribution in [0.5, 0.6) is 0 Å². The molecular weight excluding hydrogens is 550 g/mol. The lowest BCUT2D eigenvalue weighted by molar-refractivity contribution is -0.146. The molecule has 1 aromatic heterocycles. The third-order valence-corrected chi connectivity index (χ3v) is 10.5. The molecule has 0 radical (unpaired) electrons. The number of halogens is 1. The Kier molecular flexibility index (Phi) is 7.94. The Labute approximate surface area is 240 Å². The van der Waals surface area contributed by atoms with Crippen molar-refractivity contribution in [2.75, 3.05) is 26.9 Å². The van der Waals surface area contributed by atoms with E-state index in [-0.39, 0.29) is 28.8 Å². The molecule has 8 nitrogen and oxygen atoms in total. The Morgan fingerprint density at radius 2 is 1.85 bits per heavy atom. The van der Waals surface area contributed by atoms with E-state index in [1.807, 2.05) is 24.3 Å². The van der Waals surface area contributed by atoms with Crippen LogP contribution < -0.4 is 4.72 Å². The molecule has 10 heteroatoms. The Balaban J connectivity index is 1.11. The van der Waals surface area contributed by atoms with E-state index in [0.29, 0.717) is 68.5 Å². The molecule has 2 aliphatic carbocycles. The maximum atomic E-state index is 13.3. The van der Waals surface area contributed by atoms with E-state index >= 15 is 0 Å². The number of amides is 1. The zero-order chi connectivity index (χ0) is 27.9. The molecule has 2 N–H and O–H groups in total. The van der Waals surface area contributed by atoms with Crippen LogP contribution in [0.2, 0.25) is 5.02 Å². The lowest BCUT2D eigenvalue weighted by Crippen LogP contribution is -2.52. The summed E-state index contributed by atoms with van der Waals surface area (Å²) in [6.45, 7) is 2.44. The Morgan fingerprint density at radius 1 is 1.10 bits per heavy atom. The number of aromatic nitrogens is 1. The summed E-state index contributed by atoms with van der Waals surface area (Å²) in [5.74, 6) is 0.760. The van der Waals surface area contributed by atoms with Gasteiger partial charge in [-0.15, -0.1) is 0 Å². The van der Waals surface area contributed by atoms with Gasteiger partial charge in [0, 0.05) is 36.5 Å². The number of carbonyl (C=O) groups excluding carboxylic acids is 1. The van der Waals surface area contributed by atoms with E-state index < -0.39 is 10.0 Å². The zero-order valence-electron chi connectivity index (χ0n) is 22.7. The van der Waals surface area contributed by atoms with Crippen molar-refractivity contribution >= 4 is 38.4 Å². The van der Waals surface area contributed by atoms with Gasteiger partial charge in [-0.1, -0.05) is 35.9 Å². The van der Waals surface area contributed by atoms with Crippen LogP contribution in [-0.2, 0) is 30.9 Å². The van der Waals surface area contributed by atoms with Crippen molar-refractivity contribution in [3.05, 3.63) is 53.1 Å². The fraction of sp³-hybridized carbons (Fsp3) is 0.500. The first-order valence-electron chi connectivity index (χ1n) is 14.1. The minimum Gasteiger partial charge on any atom is -0.380 e. The minimum atomic E-state index is -3.74. The summed E-state index contributed by atoms with van der Waals surface area (Å²) in [6.07, 6.45) is 5.03. The Morgan fingerprint density at radius 3 is 2.55 bits per heavy atom. The lowest BCUT2D eigenvalue weighted by Gasteiger charge is -2.39. The number of hydrogen-bond donors (Lipinski definition) is 2. The van der Waals surface area contributed by atoms with E-state index in [0.717, 1.165) is 22.2 Å². The van der Waals surface area contributed by atoms with Crippen LogP contribution in [0, 0.1) is 11.8 Å². The molecule has 2 aromatic carbocycles. The van der Waals surface area contributed by atoms with Gasteiger partial charge in [-0.2, -0.15) is 0 Å². The van der Waals surface area contributed by atoms with Crippen molar-refractivity contribution < 1.29 is 22.7 Å². The van der Waals surface area contributed by atoms with Gasteiger partial charge in [0.15, 0.2) is 0 Å². The van der Waals surface area contributed by atoms with Gasteiger partial charge in [-0.05, 0) is 73.8 Å². The molecule has 3 aromatic rings. The third-order valence-electron chi connectivity index (χ3n) is 8.58. The predicted molar refractivity (Wildman–Crippen MR) is 155 cm³/mol. The van der Waals surface area contributed by atoms with Crippen molar-refractivity contribution in [2.45, 2.75) is 62.1 Å². The van der Waals surface area contributed by atoms with Crippen LogP contribution in [0.1, 0.15) is 44.1 Å². The molecular formula is C30H36ClN3O5S. The number of ether oxygens (including phenoxy) is 2. The van der Waals surface area contributed by atoms with E-state index in [9.17, 15) is 13.2 Å². The maximum Gasteiger partial charge on any atom is 0.240 e. The van der Waals surface area contributed by atoms with E-state index in [1.54, 1.807) is 25.3 Å². The first-order chi connectivity index (χ1) is 19.3. The molecule has 0 unspecified atom stereocenters. The Hall–Kier alpha value is -2.43. The number of morpholine rings is 1. The number of nitrogens with zero attached hydrogens (tertiary/aromatic N) is 1. The first-order valence-corrected chi connectivity index (χ1v) is 16.0. The van der Waals surface area contributed by atoms with Gasteiger partial charge < -0.3 is 19.4 Å². The van der Waals surface area contributed by atoms with Gasteiger partial charge in [0.2, 0.25) is 15.9 Å². The highest BCUT2D eigenvalue weighted by Crippen LogP contribution is 2.39. The molecule has 0 spiro atoms. The van der Waals surface area contributed by atoms with Gasteiger partial charge in [-0.3, -0.25) is 4.79 Å². The lowest BCUT2D eigenvalue weighted by atomic mass is 9.85. The summed E-state index contributed by atoms with van der Waals surface area (Å²) in [4.78, 5) is 18.9. The Bertz CT molecular complexity index is 1480. The van der Waals surface area contributed by atoms with Gasteiger partial charge in [0.25, 0.3) is 0 Å². The van der Waals surface area contributed by atoms with Crippen molar-refractivity contribution in [3.8, 4) is 11.3 Å². The molecule has 2 saturated carbocycles. The van der Waals surface area contributed by atoms with Crippen molar-refractivity contribution in [2.24, 2.45) is 11.8 Å². The van der Waals surface area contributed by atoms with Gasteiger partial charge in [0.1, 0.15) is 0 Å². The molecule has 214 valence electrons. The topological polar surface area (TPSA) is 101 Å². The van der Waals surface area contributed by atoms with Crippen molar-refractivity contribution in [1.82, 2.24) is 14.6 Å². The van der Waals surface area contributed by atoms with Gasteiger partial charge in [-0.25, -0.2) is 13.1 Å². The minimum absolute atomic E-state index is 0.0421. The molecule has 1 amide bonds. The number of rotatable bonds is 8. The molecule has 2 heterocycles. The molecule has 40 heavy (non-hydrogen) atoms. The van der Waals surface area contributed by atoms with Crippen LogP contribution in [0.15, 0.2) is 47.4 Å². The summed E-state index contributed by atoms with van der Waals surface area (Å²) in [7, 11) is -2.08. The van der Waals surface area contributed by atoms with Crippen LogP contribution >= 0.6 is 11.6 Å². The maximum absolute atomic E-state index is 13.3. The standard InChI is InChI=1S/C30H36ClN3O5S/c1-38-17-19-2-4-21(5-3-19)29-28(31)25-13-12-24(16-26(25)32-29)40(36,37)33-23-10-8-22(9-11-23)30(35)34-14-15-39-18-27(34)20-6-7-20/h2-5,12-13,16,20,22-23,27,32-33H,6-11,14-15,17-18H2,1H3/t22-,23-,27-/m1/s1. The van der Waals surface area contributed by atoms with E-state index in [1.165, 1.54) is 12.8 Å². The number of benzene rings is 2. The second kappa shape index (κ2) is 11.4. The van der Waals surface area contributed by atoms with Crippen LogP contribution in [0.3, 0.4) is 0 Å². The normalized spacial score (nSPS) is 23.9. The molecule has 1 aliphatic heterocycles. The second-order valence-electron chi connectivity index (χ2n) is 11.3. The van der Waals surface area contributed by atoms with Crippen molar-refractivity contribution in [3.63, 3.8) is 0 Å². The number of hydrogen-bond acceptors (Lipinski definition) is 5. The number of carbonyl (C=O) groups is 1. The molecule has 1 saturated heterocycles. The van der Waals surface area contributed by atoms with Crippen LogP contribution in [0.4, 0.5) is 0 Å². The molecule has 1 atom stereocenters. The highest BCUT2D eigenvalue weighted by Gasteiger charge is 2.41. The molecule has 6 rings (SSSR count). The van der Waals surface area contributed by atoms with E-state index in [2.05, 4.69) is 14.6 Å². The number of nitrogens with one attached hydrogen (secondary N) is 2. The highest BCUT2D eigenvalue weighted by molar-refractivity contribution is 7.89. The number of methoxy groups -OCH3 is 1. The van der Waals surface area contributed by atoms with Gasteiger partial charge >= 0.3 is 0 Å². The predicted octanol–water partition coefficient (Wildman–Crippen LogP) is 5.11. The van der Waals surface area contributed by atoms with E-state index in [4.69, 9.17) is 21.1 Å². The number of sulfonamides is 1. The monoisotopic (exact) mass is 585 g/mol. The summed E-state index contributed by atoms with van der Waals surface area (Å²) >= 11 is 6.68. The quantitative estimate of drug-likeness (QED) is 0.383. The number of fused-ring (bicyclic) bond motifs is 1. The average molecular weight is 586 g/mol. The molecule has 3 aliphatic rings. The highest BCUT2D eigenvalue weighted by atomic mass is 35.5. The smallest absolute Gasteiger partial charge is 0.240 e.